The molecular formula is C24H31N3O3S. The van der Waals surface area contributed by atoms with Crippen LogP contribution >= 0.6 is 0 Å². The molecular weight excluding hydrogens is 410 g/mol. The summed E-state index contributed by atoms with van der Waals surface area (Å²) in [5.41, 5.74) is 4.55. The summed E-state index contributed by atoms with van der Waals surface area (Å²) >= 11 is 0. The Kier molecular flexibility index (Phi) is 6.34. The van der Waals surface area contributed by atoms with Crippen LogP contribution in [0.25, 0.3) is 0 Å². The van der Waals surface area contributed by atoms with Crippen molar-refractivity contribution >= 4 is 21.6 Å². The number of piperidine rings is 1. The van der Waals surface area contributed by atoms with Crippen LogP contribution in [0, 0.1) is 5.92 Å². The number of nitrogens with zero attached hydrogens (tertiary/aromatic N) is 2. The number of benzene rings is 2. The van der Waals surface area contributed by atoms with E-state index < -0.39 is 10.0 Å². The molecule has 1 N–H and O–H groups in total. The van der Waals surface area contributed by atoms with Gasteiger partial charge in [0.2, 0.25) is 10.0 Å². The third-order valence-electron chi connectivity index (χ3n) is 6.42. The molecule has 0 unspecified atom stereocenters. The van der Waals surface area contributed by atoms with Gasteiger partial charge in [0.25, 0.3) is 5.91 Å². The zero-order valence-electron chi connectivity index (χ0n) is 18.3. The second kappa shape index (κ2) is 9.01. The second-order valence-corrected chi connectivity index (χ2v) is 10.7. The van der Waals surface area contributed by atoms with Crippen LogP contribution in [0.4, 0.5) is 5.69 Å². The number of hydrogen-bond donors (Lipinski definition) is 1. The lowest BCUT2D eigenvalue weighted by molar-refractivity contribution is 0.0950. The molecule has 1 saturated heterocycles. The van der Waals surface area contributed by atoms with Crippen LogP contribution in [0.3, 0.4) is 0 Å². The minimum atomic E-state index is -3.29. The molecule has 0 aliphatic carbocycles. The maximum atomic E-state index is 12.8. The van der Waals surface area contributed by atoms with E-state index in [1.165, 1.54) is 29.0 Å². The van der Waals surface area contributed by atoms with Gasteiger partial charge in [0.1, 0.15) is 0 Å². The quantitative estimate of drug-likeness (QED) is 0.748. The molecule has 6 nitrogen and oxygen atoms in total. The number of carbonyl (C=O) groups excluding carboxylic acids is 1. The molecule has 0 aromatic heterocycles. The summed E-state index contributed by atoms with van der Waals surface area (Å²) in [5.74, 6) is 0.671. The molecule has 166 valence electrons. The average Bonchev–Trinajstić information content (AvgIpc) is 3.18. The number of carbonyl (C=O) groups is 1. The van der Waals surface area contributed by atoms with Crippen LogP contribution < -0.4 is 9.62 Å². The van der Waals surface area contributed by atoms with Crippen LogP contribution in [0.15, 0.2) is 42.5 Å². The summed E-state index contributed by atoms with van der Waals surface area (Å²) in [6.45, 7) is 6.40. The number of rotatable bonds is 6. The van der Waals surface area contributed by atoms with Crippen molar-refractivity contribution in [1.29, 1.82) is 0 Å². The molecule has 2 aliphatic rings. The highest BCUT2D eigenvalue weighted by Crippen LogP contribution is 2.30. The molecule has 1 fully saturated rings. The Labute approximate surface area is 185 Å². The molecule has 7 heteroatoms. The second-order valence-electron chi connectivity index (χ2n) is 8.84. The SMILES string of the molecule is CC1CCN(Cc2ccccc2CNC(=O)c2ccc3c(c2)CCN3S(C)(=O)=O)CC1. The first-order valence-corrected chi connectivity index (χ1v) is 12.8. The van der Waals surface area contributed by atoms with Crippen LogP contribution in [0.2, 0.25) is 0 Å². The number of sulfonamides is 1. The lowest BCUT2D eigenvalue weighted by Gasteiger charge is -2.30. The fourth-order valence-electron chi connectivity index (χ4n) is 4.48. The summed E-state index contributed by atoms with van der Waals surface area (Å²) in [6.07, 6.45) is 4.33. The Balaban J connectivity index is 1.41. The Hall–Kier alpha value is -2.38. The van der Waals surface area contributed by atoms with Crippen molar-refractivity contribution in [1.82, 2.24) is 10.2 Å². The molecule has 4 rings (SSSR count). The fraction of sp³-hybridized carbons (Fsp3) is 0.458. The van der Waals surface area contributed by atoms with E-state index in [1.54, 1.807) is 12.1 Å². The first-order valence-electron chi connectivity index (χ1n) is 11.0. The highest BCUT2D eigenvalue weighted by Gasteiger charge is 2.26. The molecule has 0 spiro atoms. The zero-order valence-corrected chi connectivity index (χ0v) is 19.1. The largest absolute Gasteiger partial charge is 0.348 e. The van der Waals surface area contributed by atoms with Crippen molar-refractivity contribution < 1.29 is 13.2 Å². The number of amides is 1. The highest BCUT2D eigenvalue weighted by atomic mass is 32.2. The normalized spacial score (nSPS) is 17.5. The van der Waals surface area contributed by atoms with Gasteiger partial charge >= 0.3 is 0 Å². The molecule has 2 aromatic rings. The predicted molar refractivity (Wildman–Crippen MR) is 124 cm³/mol. The topological polar surface area (TPSA) is 69.7 Å². The number of hydrogen-bond acceptors (Lipinski definition) is 4. The number of likely N-dealkylation sites (tertiary alicyclic amines) is 1. The first kappa shape index (κ1) is 21.8. The van der Waals surface area contributed by atoms with Crippen LogP contribution in [0.5, 0.6) is 0 Å². The molecule has 2 heterocycles. The van der Waals surface area contributed by atoms with Crippen molar-refractivity contribution in [2.24, 2.45) is 5.92 Å². The molecule has 0 atom stereocenters. The molecule has 2 aromatic carbocycles. The minimum Gasteiger partial charge on any atom is -0.348 e. The van der Waals surface area contributed by atoms with Gasteiger partial charge in [0.15, 0.2) is 0 Å². The van der Waals surface area contributed by atoms with E-state index in [0.29, 0.717) is 30.8 Å². The Morgan fingerprint density at radius 1 is 1.06 bits per heavy atom. The van der Waals surface area contributed by atoms with Crippen molar-refractivity contribution in [3.63, 3.8) is 0 Å². The lowest BCUT2D eigenvalue weighted by atomic mass is 9.98. The Bertz CT molecular complexity index is 1060. The third-order valence-corrected chi connectivity index (χ3v) is 7.60. The van der Waals surface area contributed by atoms with Crippen molar-refractivity contribution in [2.45, 2.75) is 39.3 Å². The zero-order chi connectivity index (χ0) is 22.0. The molecule has 0 bridgehead atoms. The van der Waals surface area contributed by atoms with Gasteiger partial charge in [-0.2, -0.15) is 0 Å². The summed E-state index contributed by atoms with van der Waals surface area (Å²) in [5, 5.41) is 3.04. The molecule has 2 aliphatic heterocycles. The third kappa shape index (κ3) is 5.10. The maximum Gasteiger partial charge on any atom is 0.251 e. The average molecular weight is 442 g/mol. The first-order chi connectivity index (χ1) is 14.8. The molecule has 1 amide bonds. The molecule has 31 heavy (non-hydrogen) atoms. The maximum absolute atomic E-state index is 12.8. The monoisotopic (exact) mass is 441 g/mol. The van der Waals surface area contributed by atoms with E-state index >= 15 is 0 Å². The van der Waals surface area contributed by atoms with Gasteiger partial charge in [-0.1, -0.05) is 31.2 Å². The van der Waals surface area contributed by atoms with Gasteiger partial charge in [0.05, 0.1) is 11.9 Å². The smallest absolute Gasteiger partial charge is 0.251 e. The number of anilines is 1. The van der Waals surface area contributed by atoms with E-state index in [1.807, 2.05) is 12.1 Å². The van der Waals surface area contributed by atoms with Crippen LogP contribution in [-0.4, -0.2) is 45.1 Å². The predicted octanol–water partition coefficient (Wildman–Crippen LogP) is 3.17. The summed E-state index contributed by atoms with van der Waals surface area (Å²) in [4.78, 5) is 15.3. The Morgan fingerprint density at radius 2 is 1.77 bits per heavy atom. The van der Waals surface area contributed by atoms with E-state index in [9.17, 15) is 13.2 Å². The van der Waals surface area contributed by atoms with Crippen molar-refractivity contribution in [2.75, 3.05) is 30.2 Å². The molecule has 0 radical (unpaired) electrons. The van der Waals surface area contributed by atoms with E-state index in [-0.39, 0.29) is 5.91 Å². The van der Waals surface area contributed by atoms with Gasteiger partial charge in [-0.05, 0) is 73.2 Å². The van der Waals surface area contributed by atoms with Crippen molar-refractivity contribution in [3.8, 4) is 0 Å². The van der Waals surface area contributed by atoms with Gasteiger partial charge in [0, 0.05) is 25.2 Å². The summed E-state index contributed by atoms with van der Waals surface area (Å²) < 4.78 is 25.2. The van der Waals surface area contributed by atoms with Crippen molar-refractivity contribution in [3.05, 3.63) is 64.7 Å². The van der Waals surface area contributed by atoms with Crippen LogP contribution in [0.1, 0.15) is 46.8 Å². The van der Waals surface area contributed by atoms with Gasteiger partial charge < -0.3 is 5.32 Å². The van der Waals surface area contributed by atoms with Gasteiger partial charge in [-0.15, -0.1) is 0 Å². The van der Waals surface area contributed by atoms with Crippen LogP contribution in [-0.2, 0) is 29.5 Å². The van der Waals surface area contributed by atoms with E-state index in [0.717, 1.165) is 36.7 Å². The molecule has 0 saturated carbocycles. The standard InChI is InChI=1S/C24H31N3O3S/c1-18-9-12-26(13-10-18)17-22-6-4-3-5-21(22)16-25-24(28)20-7-8-23-19(15-20)11-14-27(23)31(2,29)30/h3-8,15,18H,9-14,16-17H2,1-2H3,(H,25,28). The van der Waals surface area contributed by atoms with Gasteiger partial charge in [-0.3, -0.25) is 14.0 Å². The number of fused-ring (bicyclic) bond motifs is 1. The Morgan fingerprint density at radius 3 is 2.48 bits per heavy atom. The minimum absolute atomic E-state index is 0.137. The van der Waals surface area contributed by atoms with Gasteiger partial charge in [-0.25, -0.2) is 8.42 Å². The van der Waals surface area contributed by atoms with E-state index in [2.05, 4.69) is 35.3 Å². The lowest BCUT2D eigenvalue weighted by Crippen LogP contribution is -2.33. The highest BCUT2D eigenvalue weighted by molar-refractivity contribution is 7.92. The summed E-state index contributed by atoms with van der Waals surface area (Å²) in [7, 11) is -3.29. The summed E-state index contributed by atoms with van der Waals surface area (Å²) in [6, 6.07) is 13.6. The number of nitrogens with one attached hydrogen (secondary N) is 1. The fourth-order valence-corrected chi connectivity index (χ4v) is 5.44. The van der Waals surface area contributed by atoms with E-state index in [4.69, 9.17) is 0 Å².